The van der Waals surface area contributed by atoms with Crippen LogP contribution in [-0.4, -0.2) is 109 Å². The fourth-order valence-electron chi connectivity index (χ4n) is 14.1. The SMILES string of the molecule is CC(=O)N1CCc2c(c(N3CCCc4cc(-c5cnn(C)c5)c(C(F)F)cc43)nn2C2CCC3(CC2)CCN(C2CC(Oc4ccc(N5CCC6(CC5)C[C@H](C)N(c5ccc(C#N)c(Cl)c5)C6)nn4)C2)CC3)C1. The van der Waals surface area contributed by atoms with Gasteiger partial charge in [0, 0.05) is 124 Å². The Bertz CT molecular complexity index is 2900. The maximum Gasteiger partial charge on any atom is 0.264 e. The summed E-state index contributed by atoms with van der Waals surface area (Å²) in [6.45, 7) is 10.9. The molecule has 384 valence electrons. The van der Waals surface area contributed by atoms with Crippen LogP contribution in [0.4, 0.5) is 31.8 Å². The number of aryl methyl sites for hydroxylation is 2. The highest BCUT2D eigenvalue weighted by molar-refractivity contribution is 6.32. The molecule has 1 atom stereocenters. The summed E-state index contributed by atoms with van der Waals surface area (Å²) in [6, 6.07) is 16.9. The van der Waals surface area contributed by atoms with Crippen molar-refractivity contribution in [2.24, 2.45) is 17.9 Å². The molecule has 3 aromatic heterocycles. The van der Waals surface area contributed by atoms with Crippen molar-refractivity contribution in [1.29, 1.82) is 5.26 Å². The zero-order chi connectivity index (χ0) is 50.2. The minimum Gasteiger partial charge on any atom is -0.473 e. The van der Waals surface area contributed by atoms with E-state index >= 15 is 0 Å². The van der Waals surface area contributed by atoms with Crippen molar-refractivity contribution in [1.82, 2.24) is 39.6 Å². The van der Waals surface area contributed by atoms with Crippen molar-refractivity contribution in [3.8, 4) is 23.1 Å². The molecule has 2 aliphatic carbocycles. The fourth-order valence-corrected chi connectivity index (χ4v) is 14.3. The number of carbonyl (C=O) groups is 1. The number of nitrogens with zero attached hydrogens (tertiary/aromatic N) is 12. The first kappa shape index (κ1) is 48.2. The number of hydrogen-bond acceptors (Lipinski definition) is 11. The van der Waals surface area contributed by atoms with Crippen LogP contribution in [0.2, 0.25) is 5.02 Å². The van der Waals surface area contributed by atoms with Gasteiger partial charge in [0.15, 0.2) is 11.6 Å². The van der Waals surface area contributed by atoms with Crippen molar-refractivity contribution < 1.29 is 18.3 Å². The highest BCUT2D eigenvalue weighted by Gasteiger charge is 2.46. The van der Waals surface area contributed by atoms with Gasteiger partial charge in [0.1, 0.15) is 12.2 Å². The number of halogens is 3. The van der Waals surface area contributed by atoms with Crippen molar-refractivity contribution >= 4 is 40.5 Å². The zero-order valence-electron chi connectivity index (χ0n) is 42.5. The second-order valence-corrected chi connectivity index (χ2v) is 23.1. The van der Waals surface area contributed by atoms with Gasteiger partial charge in [-0.15, -0.1) is 10.2 Å². The third kappa shape index (κ3) is 9.10. The molecule has 0 radical (unpaired) electrons. The van der Waals surface area contributed by atoms with Gasteiger partial charge in [-0.1, -0.05) is 11.6 Å². The minimum absolute atomic E-state index is 0.00630. The Morgan fingerprint density at radius 3 is 2.38 bits per heavy atom. The van der Waals surface area contributed by atoms with E-state index in [2.05, 4.69) is 58.6 Å². The number of anilines is 4. The van der Waals surface area contributed by atoms with Crippen LogP contribution in [-0.2, 0) is 31.2 Å². The molecule has 0 bridgehead atoms. The molecular formula is C56H67ClF2N12O2. The van der Waals surface area contributed by atoms with Gasteiger partial charge < -0.3 is 29.2 Å². The molecule has 3 saturated heterocycles. The third-order valence-corrected chi connectivity index (χ3v) is 18.7. The Morgan fingerprint density at radius 2 is 1.70 bits per heavy atom. The first-order chi connectivity index (χ1) is 35.3. The molecule has 7 aliphatic rings. The number of likely N-dealkylation sites (tertiary alicyclic amines) is 1. The number of aromatic nitrogens is 6. The lowest BCUT2D eigenvalue weighted by molar-refractivity contribution is -0.129. The Morgan fingerprint density at radius 1 is 0.918 bits per heavy atom. The molecule has 12 rings (SSSR count). The number of carbonyl (C=O) groups excluding carboxylic acids is 1. The van der Waals surface area contributed by atoms with Crippen LogP contribution in [0.25, 0.3) is 11.1 Å². The van der Waals surface area contributed by atoms with Gasteiger partial charge in [0.05, 0.1) is 29.4 Å². The van der Waals surface area contributed by atoms with E-state index in [0.717, 1.165) is 131 Å². The first-order valence-corrected chi connectivity index (χ1v) is 27.2. The molecule has 5 aliphatic heterocycles. The molecule has 14 nitrogen and oxygen atoms in total. The van der Waals surface area contributed by atoms with Gasteiger partial charge in [-0.3, -0.25) is 14.2 Å². The molecule has 0 N–H and O–H groups in total. The summed E-state index contributed by atoms with van der Waals surface area (Å²) < 4.78 is 40.0. The smallest absolute Gasteiger partial charge is 0.264 e. The van der Waals surface area contributed by atoms with Gasteiger partial charge in [-0.05, 0) is 149 Å². The number of alkyl halides is 2. The van der Waals surface area contributed by atoms with Gasteiger partial charge >= 0.3 is 0 Å². The van der Waals surface area contributed by atoms with Crippen LogP contribution in [0.3, 0.4) is 0 Å². The summed E-state index contributed by atoms with van der Waals surface area (Å²) in [7, 11) is 1.80. The number of amides is 1. The number of benzene rings is 2. The fraction of sp³-hybridized carbons (Fsp3) is 0.571. The van der Waals surface area contributed by atoms with E-state index in [1.54, 1.807) is 37.1 Å². The number of piperidine rings is 2. The van der Waals surface area contributed by atoms with Gasteiger partial charge in [-0.2, -0.15) is 15.5 Å². The highest BCUT2D eigenvalue weighted by atomic mass is 35.5. The number of rotatable bonds is 9. The standard InChI is InChI=1S/C56H67ClF2N12O2/c1-36-30-56(35-70(36)42-7-6-39(31-60)48(57)28-42)17-23-67(24-18-56)51-8-9-52(63-62-51)73-44-26-43(27-44)66-21-15-55(16-22-66)13-10-41(11-14-55)71-49-12-20-68(37(2)72)34-47(49)54(64-71)69-19-4-5-38-25-45(40-32-61-65(3)33-40)46(53(58)59)29-50(38)69/h6-9,25,28-29,32-33,36,41,43-44,53H,4-5,10-24,26-27,30,34-35H2,1-3H3/t36-,43?,44?/m0/s1. The van der Waals surface area contributed by atoms with Crippen molar-refractivity contribution in [2.75, 3.05) is 60.5 Å². The zero-order valence-corrected chi connectivity index (χ0v) is 43.2. The maximum atomic E-state index is 14.8. The lowest BCUT2D eigenvalue weighted by Gasteiger charge is -2.50. The van der Waals surface area contributed by atoms with E-state index in [9.17, 15) is 18.8 Å². The molecule has 2 aromatic carbocycles. The summed E-state index contributed by atoms with van der Waals surface area (Å²) in [4.78, 5) is 24.3. The summed E-state index contributed by atoms with van der Waals surface area (Å²) in [5.41, 5.74) is 7.55. The lowest BCUT2D eigenvalue weighted by atomic mass is 9.66. The van der Waals surface area contributed by atoms with E-state index in [4.69, 9.17) is 21.4 Å². The Labute approximate surface area is 432 Å². The van der Waals surface area contributed by atoms with E-state index in [1.165, 1.54) is 31.4 Å². The minimum atomic E-state index is -2.64. The second-order valence-electron chi connectivity index (χ2n) is 22.7. The van der Waals surface area contributed by atoms with Crippen LogP contribution in [0, 0.1) is 22.2 Å². The predicted octanol–water partition coefficient (Wildman–Crippen LogP) is 10.2. The third-order valence-electron chi connectivity index (χ3n) is 18.4. The number of hydrogen-bond donors (Lipinski definition) is 0. The quantitative estimate of drug-likeness (QED) is 0.140. The average molecular weight is 1010 g/mol. The predicted molar refractivity (Wildman–Crippen MR) is 278 cm³/mol. The average Bonchev–Trinajstić information content (AvgIpc) is 4.09. The molecule has 0 unspecified atom stereocenters. The second kappa shape index (κ2) is 19.2. The molecule has 8 heterocycles. The molecule has 1 amide bonds. The van der Waals surface area contributed by atoms with Crippen molar-refractivity contribution in [2.45, 2.75) is 141 Å². The van der Waals surface area contributed by atoms with Crippen LogP contribution in [0.5, 0.6) is 5.88 Å². The molecule has 5 aromatic rings. The Kier molecular flexibility index (Phi) is 12.6. The van der Waals surface area contributed by atoms with Crippen molar-refractivity contribution in [3.05, 3.63) is 87.8 Å². The van der Waals surface area contributed by atoms with Crippen LogP contribution in [0.1, 0.15) is 131 Å². The number of ether oxygens (including phenoxy) is 1. The normalized spacial score (nSPS) is 23.9. The van der Waals surface area contributed by atoms with Crippen molar-refractivity contribution in [3.63, 3.8) is 0 Å². The first-order valence-electron chi connectivity index (χ1n) is 26.9. The van der Waals surface area contributed by atoms with E-state index < -0.39 is 6.43 Å². The molecular weight excluding hydrogens is 946 g/mol. The lowest BCUT2D eigenvalue weighted by Crippen LogP contribution is -2.53. The summed E-state index contributed by atoms with van der Waals surface area (Å²) >= 11 is 6.41. The molecule has 73 heavy (non-hydrogen) atoms. The van der Waals surface area contributed by atoms with Crippen LogP contribution in [0.15, 0.2) is 54.9 Å². The Hall–Kier alpha value is -5.79. The summed E-state index contributed by atoms with van der Waals surface area (Å²) in [6.07, 6.45) is 15.7. The maximum absolute atomic E-state index is 14.8. The van der Waals surface area contributed by atoms with E-state index in [1.807, 2.05) is 35.2 Å². The van der Waals surface area contributed by atoms with E-state index in [0.29, 0.717) is 64.7 Å². The summed E-state index contributed by atoms with van der Waals surface area (Å²) in [5.74, 6) is 2.39. The monoisotopic (exact) mass is 1010 g/mol. The van der Waals surface area contributed by atoms with Crippen LogP contribution >= 0.6 is 11.6 Å². The molecule has 17 heteroatoms. The van der Waals surface area contributed by atoms with Gasteiger partial charge in [0.25, 0.3) is 6.43 Å². The summed E-state index contributed by atoms with van der Waals surface area (Å²) in [5, 5.41) is 28.7. The molecule has 2 spiro atoms. The largest absolute Gasteiger partial charge is 0.473 e. The molecule has 2 saturated carbocycles. The van der Waals surface area contributed by atoms with Gasteiger partial charge in [-0.25, -0.2) is 8.78 Å². The van der Waals surface area contributed by atoms with E-state index in [-0.39, 0.29) is 29.0 Å². The Balaban J connectivity index is 0.636. The van der Waals surface area contributed by atoms with Gasteiger partial charge in [0.2, 0.25) is 11.8 Å². The number of nitriles is 1. The number of fused-ring (bicyclic) bond motifs is 2. The topological polar surface area (TPSA) is 128 Å². The molecule has 5 fully saturated rings. The highest BCUT2D eigenvalue weighted by Crippen LogP contribution is 2.51. The van der Waals surface area contributed by atoms with Crippen LogP contribution < -0.4 is 19.4 Å².